The molecule has 0 fully saturated rings. The maximum Gasteiger partial charge on any atom is 0.122 e. The monoisotopic (exact) mass is 280 g/mol. The first-order chi connectivity index (χ1) is 9.20. The van der Waals surface area contributed by atoms with Crippen LogP contribution in [0.2, 0.25) is 0 Å². The third-order valence-electron chi connectivity index (χ3n) is 3.52. The van der Waals surface area contributed by atoms with Gasteiger partial charge in [0.05, 0.1) is 6.61 Å². The van der Waals surface area contributed by atoms with Crippen molar-refractivity contribution < 1.29 is 4.74 Å². The summed E-state index contributed by atoms with van der Waals surface area (Å²) in [5, 5.41) is 0.651. The Bertz CT molecular complexity index is 397. The molecule has 3 N–H and O–H groups in total. The van der Waals surface area contributed by atoms with E-state index in [-0.39, 0.29) is 0 Å². The lowest BCUT2D eigenvalue weighted by Crippen LogP contribution is -2.39. The molecule has 0 spiro atoms. The Balaban J connectivity index is 1.98. The molecule has 0 amide bonds. The van der Waals surface area contributed by atoms with Crippen molar-refractivity contribution >= 4 is 11.8 Å². The van der Waals surface area contributed by atoms with E-state index < -0.39 is 0 Å². The Labute approximate surface area is 120 Å². The van der Waals surface area contributed by atoms with Gasteiger partial charge in [-0.15, -0.1) is 0 Å². The highest BCUT2D eigenvalue weighted by atomic mass is 32.2. The summed E-state index contributed by atoms with van der Waals surface area (Å²) in [4.78, 5) is 0. The van der Waals surface area contributed by atoms with Crippen LogP contribution in [0, 0.1) is 0 Å². The maximum absolute atomic E-state index is 5.71. The van der Waals surface area contributed by atoms with Crippen molar-refractivity contribution in [1.82, 2.24) is 5.43 Å². The van der Waals surface area contributed by atoms with Crippen LogP contribution in [-0.2, 0) is 0 Å². The maximum atomic E-state index is 5.71. The summed E-state index contributed by atoms with van der Waals surface area (Å²) in [6.07, 6.45) is 2.16. The number of para-hydroxylation sites is 1. The number of hydrogen-bond donors (Lipinski definition) is 2. The number of ether oxygens (including phenoxy) is 1. The average molecular weight is 280 g/mol. The molecule has 3 nitrogen and oxygen atoms in total. The average Bonchev–Trinajstić information content (AvgIpc) is 2.43. The lowest BCUT2D eigenvalue weighted by Gasteiger charge is -2.29. The molecule has 1 heterocycles. The zero-order chi connectivity index (χ0) is 13.7. The van der Waals surface area contributed by atoms with E-state index in [9.17, 15) is 0 Å². The molecule has 4 heteroatoms. The van der Waals surface area contributed by atoms with E-state index >= 15 is 0 Å². The van der Waals surface area contributed by atoms with Crippen LogP contribution in [0.4, 0.5) is 0 Å². The minimum atomic E-state index is 0.364. The quantitative estimate of drug-likeness (QED) is 0.621. The minimum Gasteiger partial charge on any atom is -0.493 e. The van der Waals surface area contributed by atoms with Gasteiger partial charge >= 0.3 is 0 Å². The van der Waals surface area contributed by atoms with Crippen molar-refractivity contribution in [3.8, 4) is 5.75 Å². The summed E-state index contributed by atoms with van der Waals surface area (Å²) in [6.45, 7) is 5.26. The van der Waals surface area contributed by atoms with Crippen LogP contribution >= 0.6 is 11.8 Å². The van der Waals surface area contributed by atoms with E-state index in [2.05, 4.69) is 37.5 Å². The Morgan fingerprint density at radius 1 is 1.42 bits per heavy atom. The third kappa shape index (κ3) is 4.13. The number of rotatable bonds is 6. The molecule has 106 valence electrons. The minimum absolute atomic E-state index is 0.364. The normalized spacial score (nSPS) is 19.9. The molecule has 0 aliphatic carbocycles. The Kier molecular flexibility index (Phi) is 5.55. The van der Waals surface area contributed by atoms with Crippen LogP contribution < -0.4 is 16.0 Å². The van der Waals surface area contributed by atoms with Crippen molar-refractivity contribution in [1.29, 1.82) is 0 Å². The van der Waals surface area contributed by atoms with Crippen molar-refractivity contribution in [3.05, 3.63) is 29.8 Å². The highest BCUT2D eigenvalue weighted by molar-refractivity contribution is 7.99. The van der Waals surface area contributed by atoms with E-state index in [1.54, 1.807) is 0 Å². The highest BCUT2D eigenvalue weighted by Gasteiger charge is 2.24. The number of benzene rings is 1. The van der Waals surface area contributed by atoms with E-state index in [1.165, 1.54) is 5.56 Å². The predicted octanol–water partition coefficient (Wildman–Crippen LogP) is 2.92. The molecule has 2 unspecified atom stereocenters. The van der Waals surface area contributed by atoms with E-state index in [0.29, 0.717) is 17.2 Å². The molecule has 0 saturated carbocycles. The van der Waals surface area contributed by atoms with Crippen LogP contribution in [0.5, 0.6) is 5.75 Å². The predicted molar refractivity (Wildman–Crippen MR) is 82.6 cm³/mol. The first-order valence-corrected chi connectivity index (χ1v) is 8.05. The molecule has 1 aromatic carbocycles. The first kappa shape index (κ1) is 14.7. The van der Waals surface area contributed by atoms with Crippen molar-refractivity contribution in [3.63, 3.8) is 0 Å². The van der Waals surface area contributed by atoms with Crippen molar-refractivity contribution in [2.75, 3.05) is 12.4 Å². The summed E-state index contributed by atoms with van der Waals surface area (Å²) in [7, 11) is 0. The molecule has 19 heavy (non-hydrogen) atoms. The molecule has 0 saturated heterocycles. The van der Waals surface area contributed by atoms with Gasteiger partial charge in [-0.1, -0.05) is 32.0 Å². The van der Waals surface area contributed by atoms with E-state index in [4.69, 9.17) is 10.6 Å². The summed E-state index contributed by atoms with van der Waals surface area (Å²) in [5.41, 5.74) is 4.31. The summed E-state index contributed by atoms with van der Waals surface area (Å²) >= 11 is 1.96. The molecule has 1 aliphatic heterocycles. The van der Waals surface area contributed by atoms with E-state index in [0.717, 1.165) is 31.0 Å². The Morgan fingerprint density at radius 2 is 2.21 bits per heavy atom. The smallest absolute Gasteiger partial charge is 0.122 e. The van der Waals surface area contributed by atoms with Gasteiger partial charge in [-0.2, -0.15) is 11.8 Å². The number of nitrogens with two attached hydrogens (primary N) is 1. The Morgan fingerprint density at radius 3 is 2.95 bits per heavy atom. The molecule has 0 aromatic heterocycles. The zero-order valence-electron chi connectivity index (χ0n) is 11.8. The van der Waals surface area contributed by atoms with Gasteiger partial charge < -0.3 is 4.74 Å². The molecule has 1 aliphatic rings. The largest absolute Gasteiger partial charge is 0.493 e. The lowest BCUT2D eigenvalue weighted by atomic mass is 9.88. The molecular formula is C15H24N2OS. The molecule has 0 radical (unpaired) electrons. The van der Waals surface area contributed by atoms with Gasteiger partial charge in [-0.25, -0.2) is 0 Å². The second kappa shape index (κ2) is 7.17. The summed E-state index contributed by atoms with van der Waals surface area (Å²) < 4.78 is 5.71. The van der Waals surface area contributed by atoms with Crippen LogP contribution in [-0.4, -0.2) is 23.7 Å². The standard InChI is InChI=1S/C15H24N2OS/c1-11(2)19-10-13(17-16)9-12-7-8-18-15-6-4-3-5-14(12)15/h3-6,11-13,17H,7-10,16H2,1-2H3. The number of hydrogen-bond acceptors (Lipinski definition) is 4. The van der Waals surface area contributed by atoms with Gasteiger partial charge in [0.25, 0.3) is 0 Å². The Hall–Kier alpha value is -0.710. The number of nitrogens with one attached hydrogen (secondary N) is 1. The van der Waals surface area contributed by atoms with Crippen LogP contribution in [0.3, 0.4) is 0 Å². The molecular weight excluding hydrogens is 256 g/mol. The fraction of sp³-hybridized carbons (Fsp3) is 0.600. The fourth-order valence-electron chi connectivity index (χ4n) is 2.50. The van der Waals surface area contributed by atoms with Crippen LogP contribution in [0.15, 0.2) is 24.3 Å². The van der Waals surface area contributed by atoms with Gasteiger partial charge in [0.2, 0.25) is 0 Å². The van der Waals surface area contributed by atoms with E-state index in [1.807, 2.05) is 17.8 Å². The second-order valence-electron chi connectivity index (χ2n) is 5.35. The fourth-order valence-corrected chi connectivity index (χ4v) is 3.35. The topological polar surface area (TPSA) is 47.3 Å². The van der Waals surface area contributed by atoms with Gasteiger partial charge in [0.15, 0.2) is 0 Å². The van der Waals surface area contributed by atoms with Crippen LogP contribution in [0.1, 0.15) is 38.2 Å². The first-order valence-electron chi connectivity index (χ1n) is 7.00. The van der Waals surface area contributed by atoms with Gasteiger partial charge in [-0.05, 0) is 35.6 Å². The van der Waals surface area contributed by atoms with Crippen molar-refractivity contribution in [2.24, 2.45) is 5.84 Å². The SMILES string of the molecule is CC(C)SCC(CC1CCOc2ccccc21)NN. The molecule has 1 aromatic rings. The second-order valence-corrected chi connectivity index (χ2v) is 6.96. The van der Waals surface area contributed by atoms with Gasteiger partial charge in [0.1, 0.15) is 5.75 Å². The zero-order valence-corrected chi connectivity index (χ0v) is 12.6. The number of fused-ring (bicyclic) bond motifs is 1. The van der Waals surface area contributed by atoms with Gasteiger partial charge in [-0.3, -0.25) is 11.3 Å². The van der Waals surface area contributed by atoms with Gasteiger partial charge in [0, 0.05) is 11.8 Å². The molecule has 0 bridgehead atoms. The number of hydrazine groups is 1. The third-order valence-corrected chi connectivity index (χ3v) is 4.78. The highest BCUT2D eigenvalue weighted by Crippen LogP contribution is 2.36. The summed E-state index contributed by atoms with van der Waals surface area (Å²) in [6, 6.07) is 8.74. The lowest BCUT2D eigenvalue weighted by molar-refractivity contribution is 0.257. The van der Waals surface area contributed by atoms with Crippen molar-refractivity contribution in [2.45, 2.75) is 43.9 Å². The summed E-state index contributed by atoms with van der Waals surface area (Å²) in [5.74, 6) is 8.37. The molecule has 2 atom stereocenters. The number of thioether (sulfide) groups is 1. The molecule has 2 rings (SSSR count). The van der Waals surface area contributed by atoms with Crippen LogP contribution in [0.25, 0.3) is 0 Å².